The molecule has 0 spiro atoms. The van der Waals surface area contributed by atoms with Gasteiger partial charge in [-0.15, -0.1) is 0 Å². The molecule has 190 valence electrons. The summed E-state index contributed by atoms with van der Waals surface area (Å²) >= 11 is 0. The van der Waals surface area contributed by atoms with Gasteiger partial charge in [0.2, 0.25) is 0 Å². The van der Waals surface area contributed by atoms with Crippen LogP contribution >= 0.6 is 0 Å². The number of nitrogens with one attached hydrogen (secondary N) is 1. The highest BCUT2D eigenvalue weighted by Crippen LogP contribution is 2.26. The topological polar surface area (TPSA) is 69.0 Å². The quantitative estimate of drug-likeness (QED) is 0.251. The molecule has 0 radical (unpaired) electrons. The predicted molar refractivity (Wildman–Crippen MR) is 153 cm³/mol. The first-order valence-electron chi connectivity index (χ1n) is 12.8. The lowest BCUT2D eigenvalue weighted by Crippen LogP contribution is -2.22. The molecule has 39 heavy (non-hydrogen) atoms. The maximum absolute atomic E-state index is 12.7. The van der Waals surface area contributed by atoms with Crippen LogP contribution in [-0.4, -0.2) is 20.4 Å². The number of carbonyl (C=O) groups is 1. The van der Waals surface area contributed by atoms with Gasteiger partial charge in [0.25, 0.3) is 5.91 Å². The number of hydrogen-bond donors (Lipinski definition) is 1. The lowest BCUT2D eigenvalue weighted by molar-refractivity contribution is 0.0951. The lowest BCUT2D eigenvalue weighted by atomic mass is 10.0. The first-order chi connectivity index (χ1) is 19.2. The summed E-state index contributed by atoms with van der Waals surface area (Å²) in [5, 5.41) is 2.94. The van der Waals surface area contributed by atoms with Crippen molar-refractivity contribution in [2.75, 3.05) is 0 Å². The SMILES string of the molecule is O=C(NCc1cccnc1)c1ccc2c(c1)ncn2-c1cccc(OCc2ccccc2-c2ccccc2)c1. The van der Waals surface area contributed by atoms with Crippen molar-refractivity contribution >= 4 is 16.9 Å². The average molecular weight is 511 g/mol. The van der Waals surface area contributed by atoms with E-state index in [1.54, 1.807) is 18.7 Å². The average Bonchev–Trinajstić information content (AvgIpc) is 3.43. The molecular formula is C33H26N4O2. The molecule has 6 rings (SSSR count). The van der Waals surface area contributed by atoms with Crippen molar-refractivity contribution in [2.24, 2.45) is 0 Å². The van der Waals surface area contributed by atoms with Gasteiger partial charge in [-0.3, -0.25) is 14.3 Å². The number of pyridine rings is 1. The first kappa shape index (κ1) is 24.1. The molecule has 1 amide bonds. The van der Waals surface area contributed by atoms with Crippen molar-refractivity contribution in [1.29, 1.82) is 0 Å². The number of imidazole rings is 1. The molecule has 4 aromatic carbocycles. The van der Waals surface area contributed by atoms with Gasteiger partial charge >= 0.3 is 0 Å². The number of carbonyl (C=O) groups excluding carboxylic acids is 1. The zero-order valence-corrected chi connectivity index (χ0v) is 21.2. The number of ether oxygens (including phenoxy) is 1. The highest BCUT2D eigenvalue weighted by molar-refractivity contribution is 5.97. The van der Waals surface area contributed by atoms with Crippen LogP contribution in [0.25, 0.3) is 27.8 Å². The third-order valence-corrected chi connectivity index (χ3v) is 6.58. The fourth-order valence-electron chi connectivity index (χ4n) is 4.58. The molecule has 6 heteroatoms. The van der Waals surface area contributed by atoms with Crippen LogP contribution < -0.4 is 10.1 Å². The van der Waals surface area contributed by atoms with Crippen molar-refractivity contribution in [2.45, 2.75) is 13.2 Å². The van der Waals surface area contributed by atoms with Gasteiger partial charge in [-0.2, -0.15) is 0 Å². The Hall–Kier alpha value is -5.23. The molecule has 0 aliphatic carbocycles. The van der Waals surface area contributed by atoms with E-state index in [9.17, 15) is 4.79 Å². The zero-order valence-electron chi connectivity index (χ0n) is 21.2. The fourth-order valence-corrected chi connectivity index (χ4v) is 4.58. The van der Waals surface area contributed by atoms with Crippen LogP contribution in [-0.2, 0) is 13.2 Å². The summed E-state index contributed by atoms with van der Waals surface area (Å²) in [5.74, 6) is 0.616. The molecule has 0 saturated carbocycles. The van der Waals surface area contributed by atoms with Crippen LogP contribution in [0.2, 0.25) is 0 Å². The number of nitrogens with zero attached hydrogens (tertiary/aromatic N) is 3. The number of rotatable bonds is 8. The third-order valence-electron chi connectivity index (χ3n) is 6.58. The number of benzene rings is 4. The smallest absolute Gasteiger partial charge is 0.251 e. The number of fused-ring (bicyclic) bond motifs is 1. The van der Waals surface area contributed by atoms with Crippen molar-refractivity contribution in [1.82, 2.24) is 19.9 Å². The Kier molecular flexibility index (Phi) is 6.82. The number of hydrogen-bond acceptors (Lipinski definition) is 4. The van der Waals surface area contributed by atoms with Crippen LogP contribution in [0.1, 0.15) is 21.5 Å². The van der Waals surface area contributed by atoms with Gasteiger partial charge < -0.3 is 10.1 Å². The molecule has 0 aliphatic rings. The number of amides is 1. The van der Waals surface area contributed by atoms with Gasteiger partial charge in [0, 0.05) is 30.6 Å². The Bertz CT molecular complexity index is 1730. The molecule has 0 unspecified atom stereocenters. The second kappa shape index (κ2) is 11.0. The second-order valence-electron chi connectivity index (χ2n) is 9.17. The summed E-state index contributed by atoms with van der Waals surface area (Å²) in [6.45, 7) is 0.873. The normalized spacial score (nSPS) is 10.9. The van der Waals surface area contributed by atoms with E-state index < -0.39 is 0 Å². The monoisotopic (exact) mass is 510 g/mol. The largest absolute Gasteiger partial charge is 0.489 e. The molecule has 0 fully saturated rings. The minimum atomic E-state index is -0.151. The molecular weight excluding hydrogens is 484 g/mol. The molecule has 0 bridgehead atoms. The van der Waals surface area contributed by atoms with E-state index >= 15 is 0 Å². The maximum atomic E-state index is 12.7. The Morgan fingerprint density at radius 1 is 0.846 bits per heavy atom. The molecule has 6 nitrogen and oxygen atoms in total. The van der Waals surface area contributed by atoms with Crippen molar-refractivity contribution < 1.29 is 9.53 Å². The van der Waals surface area contributed by atoms with E-state index in [1.807, 2.05) is 89.5 Å². The summed E-state index contributed by atoms with van der Waals surface area (Å²) < 4.78 is 8.23. The molecule has 0 aliphatic heterocycles. The van der Waals surface area contributed by atoms with Crippen LogP contribution in [0, 0.1) is 0 Å². The van der Waals surface area contributed by atoms with E-state index in [0.29, 0.717) is 18.7 Å². The Morgan fingerprint density at radius 2 is 1.72 bits per heavy atom. The minimum Gasteiger partial charge on any atom is -0.489 e. The lowest BCUT2D eigenvalue weighted by Gasteiger charge is -2.13. The molecule has 2 aromatic heterocycles. The summed E-state index contributed by atoms with van der Waals surface area (Å²) in [6.07, 6.45) is 5.22. The third kappa shape index (κ3) is 5.40. The van der Waals surface area contributed by atoms with Crippen LogP contribution in [0.15, 0.2) is 128 Å². The minimum absolute atomic E-state index is 0.151. The zero-order chi connectivity index (χ0) is 26.4. The van der Waals surface area contributed by atoms with Crippen molar-refractivity contribution in [3.8, 4) is 22.6 Å². The van der Waals surface area contributed by atoms with E-state index in [-0.39, 0.29) is 5.91 Å². The van der Waals surface area contributed by atoms with E-state index in [2.05, 4.69) is 39.6 Å². The first-order valence-corrected chi connectivity index (χ1v) is 12.8. The molecule has 0 saturated heterocycles. The van der Waals surface area contributed by atoms with Gasteiger partial charge in [0.05, 0.1) is 16.7 Å². The Morgan fingerprint density at radius 3 is 2.59 bits per heavy atom. The second-order valence-corrected chi connectivity index (χ2v) is 9.17. The Labute approximate surface area is 226 Å². The summed E-state index contributed by atoms with van der Waals surface area (Å²) in [4.78, 5) is 21.3. The van der Waals surface area contributed by atoms with Crippen molar-refractivity contribution in [3.05, 3.63) is 145 Å². The standard InChI is InChI=1S/C33H26N4O2/c38-33(35-21-24-8-7-17-34-20-24)26-15-16-32-31(18-26)36-23-37(32)28-12-6-13-29(19-28)39-22-27-11-4-5-14-30(27)25-9-2-1-3-10-25/h1-20,23H,21-22H2,(H,35,38). The molecule has 6 aromatic rings. The molecule has 0 atom stereocenters. The highest BCUT2D eigenvalue weighted by Gasteiger charge is 2.11. The van der Waals surface area contributed by atoms with Crippen LogP contribution in [0.5, 0.6) is 5.75 Å². The summed E-state index contributed by atoms with van der Waals surface area (Å²) in [7, 11) is 0. The highest BCUT2D eigenvalue weighted by atomic mass is 16.5. The van der Waals surface area contributed by atoms with Crippen molar-refractivity contribution in [3.63, 3.8) is 0 Å². The summed E-state index contributed by atoms with van der Waals surface area (Å²) in [5.41, 5.74) is 7.54. The molecule has 2 heterocycles. The molecule has 1 N–H and O–H groups in total. The predicted octanol–water partition coefficient (Wildman–Crippen LogP) is 6.60. The van der Waals surface area contributed by atoms with Gasteiger partial charge in [-0.1, -0.05) is 66.7 Å². The van der Waals surface area contributed by atoms with Gasteiger partial charge in [0.15, 0.2) is 0 Å². The van der Waals surface area contributed by atoms with E-state index in [4.69, 9.17) is 4.74 Å². The van der Waals surface area contributed by atoms with Crippen LogP contribution in [0.3, 0.4) is 0 Å². The number of aromatic nitrogens is 3. The van der Waals surface area contributed by atoms with Gasteiger partial charge in [-0.25, -0.2) is 4.98 Å². The fraction of sp³-hybridized carbons (Fsp3) is 0.0606. The van der Waals surface area contributed by atoms with Crippen LogP contribution in [0.4, 0.5) is 0 Å². The Balaban J connectivity index is 1.18. The van der Waals surface area contributed by atoms with E-state index in [0.717, 1.165) is 39.2 Å². The summed E-state index contributed by atoms with van der Waals surface area (Å²) in [6, 6.07) is 35.9. The van der Waals surface area contributed by atoms with E-state index in [1.165, 1.54) is 5.56 Å². The van der Waals surface area contributed by atoms with Gasteiger partial charge in [0.1, 0.15) is 18.7 Å². The van der Waals surface area contributed by atoms with Gasteiger partial charge in [-0.05, 0) is 58.7 Å². The maximum Gasteiger partial charge on any atom is 0.251 e.